The van der Waals surface area contributed by atoms with Crippen LogP contribution in [0.5, 0.6) is 11.5 Å². The first-order valence-corrected chi connectivity index (χ1v) is 11.7. The Morgan fingerprint density at radius 2 is 1.97 bits per heavy atom. The number of benzene rings is 2. The lowest BCUT2D eigenvalue weighted by molar-refractivity contribution is 0.200. The molecule has 5 rings (SSSR count). The van der Waals surface area contributed by atoms with Crippen LogP contribution >= 0.6 is 11.6 Å². The molecule has 0 amide bonds. The highest BCUT2D eigenvalue weighted by atomic mass is 35.5. The van der Waals surface area contributed by atoms with Gasteiger partial charge in [0.15, 0.2) is 23.0 Å². The van der Waals surface area contributed by atoms with Gasteiger partial charge in [0.2, 0.25) is 0 Å². The molecule has 1 aliphatic heterocycles. The molecule has 1 saturated heterocycles. The maximum absolute atomic E-state index is 6.31. The van der Waals surface area contributed by atoms with E-state index in [2.05, 4.69) is 22.4 Å². The van der Waals surface area contributed by atoms with Crippen molar-refractivity contribution in [1.29, 1.82) is 0 Å². The first kappa shape index (κ1) is 20.7. The number of ether oxygens (including phenoxy) is 2. The first-order valence-electron chi connectivity index (χ1n) is 11.3. The summed E-state index contributed by atoms with van der Waals surface area (Å²) >= 11 is 6.08. The van der Waals surface area contributed by atoms with E-state index in [1.165, 1.54) is 18.4 Å². The largest absolute Gasteiger partial charge is 0.493 e. The quantitative estimate of drug-likeness (QED) is 0.529. The third kappa shape index (κ3) is 4.68. The van der Waals surface area contributed by atoms with Gasteiger partial charge in [0.1, 0.15) is 5.52 Å². The number of nitrogens with one attached hydrogen (secondary N) is 1. The molecule has 3 aromatic rings. The van der Waals surface area contributed by atoms with Crippen molar-refractivity contribution in [2.24, 2.45) is 5.92 Å². The van der Waals surface area contributed by atoms with Gasteiger partial charge in [-0.2, -0.15) is 0 Å². The van der Waals surface area contributed by atoms with E-state index >= 15 is 0 Å². The molecular weight excluding hydrogens is 412 g/mol. The van der Waals surface area contributed by atoms with E-state index in [9.17, 15) is 0 Å². The van der Waals surface area contributed by atoms with Gasteiger partial charge in [0.25, 0.3) is 0 Å². The Morgan fingerprint density at radius 1 is 1.10 bits per heavy atom. The van der Waals surface area contributed by atoms with Crippen LogP contribution in [-0.2, 0) is 6.42 Å². The first-order chi connectivity index (χ1) is 15.2. The molecule has 2 aromatic carbocycles. The lowest BCUT2D eigenvalue weighted by Gasteiger charge is -2.30. The van der Waals surface area contributed by atoms with Crippen LogP contribution in [0.4, 0.5) is 0 Å². The number of nitrogens with zero attached hydrogens (tertiary/aromatic N) is 1. The van der Waals surface area contributed by atoms with Crippen LogP contribution in [0, 0.1) is 5.92 Å². The van der Waals surface area contributed by atoms with E-state index in [-0.39, 0.29) is 0 Å². The Morgan fingerprint density at radius 3 is 2.81 bits per heavy atom. The second-order valence-corrected chi connectivity index (χ2v) is 9.25. The Labute approximate surface area is 188 Å². The van der Waals surface area contributed by atoms with Crippen molar-refractivity contribution in [3.8, 4) is 11.5 Å². The number of rotatable bonds is 6. The van der Waals surface area contributed by atoms with Crippen molar-refractivity contribution >= 4 is 22.7 Å². The van der Waals surface area contributed by atoms with E-state index in [0.29, 0.717) is 23.0 Å². The summed E-state index contributed by atoms with van der Waals surface area (Å²) in [5.41, 5.74) is 2.92. The van der Waals surface area contributed by atoms with Gasteiger partial charge in [-0.1, -0.05) is 17.7 Å². The topological polar surface area (TPSA) is 56.5 Å². The van der Waals surface area contributed by atoms with Crippen LogP contribution in [0.2, 0.25) is 5.02 Å². The summed E-state index contributed by atoms with van der Waals surface area (Å²) in [6, 6.07) is 12.0. The maximum atomic E-state index is 6.31. The normalized spacial score (nSPS) is 22.1. The number of oxazole rings is 1. The van der Waals surface area contributed by atoms with E-state index in [1.807, 2.05) is 24.3 Å². The number of halogens is 1. The second-order valence-electron chi connectivity index (χ2n) is 8.82. The predicted molar refractivity (Wildman–Crippen MR) is 122 cm³/mol. The minimum absolute atomic E-state index is 0.314. The molecule has 0 unspecified atom stereocenters. The average molecular weight is 441 g/mol. The summed E-state index contributed by atoms with van der Waals surface area (Å²) in [5.74, 6) is 3.37. The molecule has 0 radical (unpaired) electrons. The number of hydrogen-bond acceptors (Lipinski definition) is 5. The molecule has 1 saturated carbocycles. The SMILES string of the molecule is COc1ccc([C@H]2CNC[C@@H](Cc3nc4ccc(Cl)cc4o3)C2)cc1OC1CCCC1. The minimum atomic E-state index is 0.314. The Balaban J connectivity index is 1.30. The molecule has 2 aliphatic rings. The lowest BCUT2D eigenvalue weighted by Crippen LogP contribution is -2.36. The number of methoxy groups -OCH3 is 1. The second kappa shape index (κ2) is 9.09. The van der Waals surface area contributed by atoms with E-state index < -0.39 is 0 Å². The Hall–Kier alpha value is -2.24. The predicted octanol–water partition coefficient (Wildman–Crippen LogP) is 5.75. The van der Waals surface area contributed by atoms with Gasteiger partial charge in [0, 0.05) is 24.1 Å². The highest BCUT2D eigenvalue weighted by Gasteiger charge is 2.26. The standard InChI is InChI=1S/C25H29ClN2O3/c1-29-22-9-6-17(12-24(22)30-20-4-2-3-5-20)18-10-16(14-27-15-18)11-25-28-21-8-7-19(26)13-23(21)31-25/h6-9,12-13,16,18,20,27H,2-5,10-11,14-15H2,1H3/t16-,18-/m1/s1. The molecule has 2 atom stereocenters. The molecule has 164 valence electrons. The summed E-state index contributed by atoms with van der Waals surface area (Å²) in [7, 11) is 1.71. The highest BCUT2D eigenvalue weighted by Crippen LogP contribution is 2.37. The average Bonchev–Trinajstić information content (AvgIpc) is 3.43. The summed E-state index contributed by atoms with van der Waals surface area (Å²) in [5, 5.41) is 4.28. The monoisotopic (exact) mass is 440 g/mol. The highest BCUT2D eigenvalue weighted by molar-refractivity contribution is 6.31. The fourth-order valence-corrected chi connectivity index (χ4v) is 5.11. The van der Waals surface area contributed by atoms with Crippen LogP contribution < -0.4 is 14.8 Å². The van der Waals surface area contributed by atoms with Crippen molar-refractivity contribution in [3.05, 3.63) is 52.9 Å². The van der Waals surface area contributed by atoms with Crippen molar-refractivity contribution in [2.45, 2.75) is 50.5 Å². The molecule has 2 fully saturated rings. The third-order valence-electron chi connectivity index (χ3n) is 6.55. The number of piperidine rings is 1. The summed E-state index contributed by atoms with van der Waals surface area (Å²) < 4.78 is 17.8. The fraction of sp³-hybridized carbons (Fsp3) is 0.480. The third-order valence-corrected chi connectivity index (χ3v) is 6.79. The van der Waals surface area contributed by atoms with Gasteiger partial charge in [0.05, 0.1) is 13.2 Å². The molecule has 0 spiro atoms. The van der Waals surface area contributed by atoms with Crippen LogP contribution in [-0.4, -0.2) is 31.3 Å². The van der Waals surface area contributed by atoms with Gasteiger partial charge >= 0.3 is 0 Å². The van der Waals surface area contributed by atoms with Gasteiger partial charge < -0.3 is 19.2 Å². The molecule has 31 heavy (non-hydrogen) atoms. The van der Waals surface area contributed by atoms with Crippen LogP contribution in [0.1, 0.15) is 49.5 Å². The molecule has 1 N–H and O–H groups in total. The fourth-order valence-electron chi connectivity index (χ4n) is 4.95. The van der Waals surface area contributed by atoms with Gasteiger partial charge in [-0.25, -0.2) is 4.98 Å². The zero-order valence-electron chi connectivity index (χ0n) is 17.9. The Bertz CT molecular complexity index is 1040. The van der Waals surface area contributed by atoms with Gasteiger partial charge in [-0.05, 0) is 80.3 Å². The molecule has 0 bridgehead atoms. The van der Waals surface area contributed by atoms with Crippen LogP contribution in [0.25, 0.3) is 11.1 Å². The van der Waals surface area contributed by atoms with E-state index in [1.54, 1.807) is 7.11 Å². The number of fused-ring (bicyclic) bond motifs is 1. The van der Waals surface area contributed by atoms with Crippen molar-refractivity contribution in [1.82, 2.24) is 10.3 Å². The lowest BCUT2D eigenvalue weighted by atomic mass is 9.84. The van der Waals surface area contributed by atoms with Crippen molar-refractivity contribution < 1.29 is 13.9 Å². The number of aromatic nitrogens is 1. The molecule has 5 nitrogen and oxygen atoms in total. The summed E-state index contributed by atoms with van der Waals surface area (Å²) in [6.07, 6.45) is 6.99. The molecular formula is C25H29ClN2O3. The van der Waals surface area contributed by atoms with Crippen LogP contribution in [0.15, 0.2) is 40.8 Å². The van der Waals surface area contributed by atoms with E-state index in [0.717, 1.165) is 67.3 Å². The van der Waals surface area contributed by atoms with Crippen molar-refractivity contribution in [3.63, 3.8) is 0 Å². The van der Waals surface area contributed by atoms with Crippen molar-refractivity contribution in [2.75, 3.05) is 20.2 Å². The molecule has 1 aliphatic carbocycles. The zero-order chi connectivity index (χ0) is 21.2. The summed E-state index contributed by atoms with van der Waals surface area (Å²) in [4.78, 5) is 4.65. The number of hydrogen-bond donors (Lipinski definition) is 1. The van der Waals surface area contributed by atoms with Gasteiger partial charge in [-0.15, -0.1) is 0 Å². The maximum Gasteiger partial charge on any atom is 0.195 e. The van der Waals surface area contributed by atoms with Crippen LogP contribution in [0.3, 0.4) is 0 Å². The van der Waals surface area contributed by atoms with Gasteiger partial charge in [-0.3, -0.25) is 0 Å². The zero-order valence-corrected chi connectivity index (χ0v) is 18.7. The van der Waals surface area contributed by atoms with E-state index in [4.69, 9.17) is 25.5 Å². The Kier molecular flexibility index (Phi) is 6.06. The summed E-state index contributed by atoms with van der Waals surface area (Å²) in [6.45, 7) is 1.94. The smallest absolute Gasteiger partial charge is 0.195 e. The molecule has 6 heteroatoms. The molecule has 2 heterocycles. The minimum Gasteiger partial charge on any atom is -0.493 e. The molecule has 1 aromatic heterocycles.